The highest BCUT2D eigenvalue weighted by Gasteiger charge is 2.07. The number of hydrogen-bond acceptors (Lipinski definition) is 3. The second kappa shape index (κ2) is 7.28. The third kappa shape index (κ3) is 5.18. The molecule has 0 aliphatic rings. The van der Waals surface area contributed by atoms with Crippen molar-refractivity contribution in [1.29, 1.82) is 0 Å². The molecule has 0 amide bonds. The summed E-state index contributed by atoms with van der Waals surface area (Å²) in [6, 6.07) is 4.16. The largest absolute Gasteiger partial charge is 0.385 e. The van der Waals surface area contributed by atoms with Crippen LogP contribution in [0.25, 0.3) is 0 Å². The maximum atomic E-state index is 4.44. The Hall–Kier alpha value is -1.09. The van der Waals surface area contributed by atoms with Crippen LogP contribution >= 0.6 is 0 Å². The smallest absolute Gasteiger partial charge is 0.0564 e. The Morgan fingerprint density at radius 1 is 1.35 bits per heavy atom. The molecule has 0 unspecified atom stereocenters. The van der Waals surface area contributed by atoms with Crippen LogP contribution < -0.4 is 5.32 Å². The first-order valence-electron chi connectivity index (χ1n) is 6.56. The van der Waals surface area contributed by atoms with Crippen LogP contribution in [0.1, 0.15) is 33.4 Å². The van der Waals surface area contributed by atoms with Gasteiger partial charge in [0.05, 0.1) is 5.69 Å². The SMILES string of the molecule is CCNc1ccnc(CN(CC)CC(C)C)c1. The predicted octanol–water partition coefficient (Wildman–Crippen LogP) is 2.99. The summed E-state index contributed by atoms with van der Waals surface area (Å²) in [4.78, 5) is 6.87. The Labute approximate surface area is 105 Å². The lowest BCUT2D eigenvalue weighted by molar-refractivity contribution is 0.246. The highest BCUT2D eigenvalue weighted by Crippen LogP contribution is 2.10. The number of nitrogens with one attached hydrogen (secondary N) is 1. The molecule has 0 atom stereocenters. The van der Waals surface area contributed by atoms with Gasteiger partial charge in [0.15, 0.2) is 0 Å². The van der Waals surface area contributed by atoms with Gasteiger partial charge in [-0.2, -0.15) is 0 Å². The molecule has 0 fully saturated rings. The Kier molecular flexibility index (Phi) is 5.98. The van der Waals surface area contributed by atoms with E-state index in [0.29, 0.717) is 5.92 Å². The fraction of sp³-hybridized carbons (Fsp3) is 0.643. The second-order valence-corrected chi connectivity index (χ2v) is 4.79. The highest BCUT2D eigenvalue weighted by molar-refractivity contribution is 5.42. The van der Waals surface area contributed by atoms with Gasteiger partial charge < -0.3 is 5.32 Å². The van der Waals surface area contributed by atoms with E-state index in [9.17, 15) is 0 Å². The van der Waals surface area contributed by atoms with E-state index < -0.39 is 0 Å². The van der Waals surface area contributed by atoms with Crippen LogP contribution in [0.15, 0.2) is 18.3 Å². The summed E-state index contributed by atoms with van der Waals surface area (Å²) >= 11 is 0. The van der Waals surface area contributed by atoms with Crippen molar-refractivity contribution in [1.82, 2.24) is 9.88 Å². The van der Waals surface area contributed by atoms with Crippen molar-refractivity contribution in [2.45, 2.75) is 34.2 Å². The molecule has 1 aromatic heterocycles. The molecule has 0 aliphatic carbocycles. The van der Waals surface area contributed by atoms with Gasteiger partial charge in [-0.25, -0.2) is 0 Å². The molecule has 0 bridgehead atoms. The molecule has 0 radical (unpaired) electrons. The van der Waals surface area contributed by atoms with E-state index in [1.54, 1.807) is 0 Å². The summed E-state index contributed by atoms with van der Waals surface area (Å²) in [5.41, 5.74) is 2.31. The zero-order chi connectivity index (χ0) is 12.7. The quantitative estimate of drug-likeness (QED) is 0.787. The van der Waals surface area contributed by atoms with Crippen molar-refractivity contribution in [2.75, 3.05) is 25.0 Å². The van der Waals surface area contributed by atoms with Crippen molar-refractivity contribution in [3.63, 3.8) is 0 Å². The minimum Gasteiger partial charge on any atom is -0.385 e. The van der Waals surface area contributed by atoms with E-state index in [2.05, 4.69) is 49.0 Å². The lowest BCUT2D eigenvalue weighted by Gasteiger charge is -2.22. The maximum Gasteiger partial charge on any atom is 0.0564 e. The summed E-state index contributed by atoms with van der Waals surface area (Å²) in [7, 11) is 0. The molecule has 0 aromatic carbocycles. The number of pyridine rings is 1. The summed E-state index contributed by atoms with van der Waals surface area (Å²) in [5, 5.41) is 3.32. The van der Waals surface area contributed by atoms with Crippen LogP contribution in [-0.4, -0.2) is 29.5 Å². The summed E-state index contributed by atoms with van der Waals surface area (Å²) < 4.78 is 0. The van der Waals surface area contributed by atoms with Crippen LogP contribution in [0.5, 0.6) is 0 Å². The molecule has 3 nitrogen and oxygen atoms in total. The number of anilines is 1. The molecule has 0 spiro atoms. The molecule has 0 saturated carbocycles. The van der Waals surface area contributed by atoms with E-state index in [-0.39, 0.29) is 0 Å². The number of hydrogen-bond donors (Lipinski definition) is 1. The first kappa shape index (κ1) is 14.0. The molecule has 96 valence electrons. The van der Waals surface area contributed by atoms with E-state index in [1.165, 1.54) is 0 Å². The number of aromatic nitrogens is 1. The van der Waals surface area contributed by atoms with Gasteiger partial charge in [-0.15, -0.1) is 0 Å². The summed E-state index contributed by atoms with van der Waals surface area (Å²) in [6.07, 6.45) is 1.89. The van der Waals surface area contributed by atoms with Crippen LogP contribution in [0.4, 0.5) is 5.69 Å². The first-order valence-corrected chi connectivity index (χ1v) is 6.56. The molecule has 17 heavy (non-hydrogen) atoms. The fourth-order valence-electron chi connectivity index (χ4n) is 1.93. The molecule has 1 N–H and O–H groups in total. The molecule has 0 aliphatic heterocycles. The third-order valence-corrected chi connectivity index (χ3v) is 2.65. The molecular weight excluding hydrogens is 210 g/mol. The van der Waals surface area contributed by atoms with Gasteiger partial charge >= 0.3 is 0 Å². The van der Waals surface area contributed by atoms with Gasteiger partial charge in [-0.1, -0.05) is 20.8 Å². The minimum atomic E-state index is 0.701. The molecule has 0 saturated heterocycles. The lowest BCUT2D eigenvalue weighted by Crippen LogP contribution is -2.27. The van der Waals surface area contributed by atoms with Crippen LogP contribution in [0.3, 0.4) is 0 Å². The van der Waals surface area contributed by atoms with Crippen molar-refractivity contribution in [3.05, 3.63) is 24.0 Å². The average molecular weight is 235 g/mol. The zero-order valence-electron chi connectivity index (χ0n) is 11.5. The van der Waals surface area contributed by atoms with Crippen molar-refractivity contribution >= 4 is 5.69 Å². The molecule has 1 rings (SSSR count). The Morgan fingerprint density at radius 3 is 2.71 bits per heavy atom. The monoisotopic (exact) mass is 235 g/mol. The standard InChI is InChI=1S/C14H25N3/c1-5-15-13-7-8-16-14(9-13)11-17(6-2)10-12(3)4/h7-9,12H,5-6,10-11H2,1-4H3,(H,15,16). The van der Waals surface area contributed by atoms with Gasteiger partial charge in [0.25, 0.3) is 0 Å². The second-order valence-electron chi connectivity index (χ2n) is 4.79. The Bertz CT molecular complexity index is 323. The van der Waals surface area contributed by atoms with Crippen molar-refractivity contribution in [2.24, 2.45) is 5.92 Å². The Balaban J connectivity index is 2.62. The van der Waals surface area contributed by atoms with Gasteiger partial charge in [0, 0.05) is 31.5 Å². The van der Waals surface area contributed by atoms with Crippen LogP contribution in [0.2, 0.25) is 0 Å². The third-order valence-electron chi connectivity index (χ3n) is 2.65. The Morgan fingerprint density at radius 2 is 2.12 bits per heavy atom. The van der Waals surface area contributed by atoms with E-state index in [4.69, 9.17) is 0 Å². The van der Waals surface area contributed by atoms with Gasteiger partial charge in [-0.3, -0.25) is 9.88 Å². The molecule has 1 heterocycles. The van der Waals surface area contributed by atoms with Crippen LogP contribution in [-0.2, 0) is 6.54 Å². The number of nitrogens with zero attached hydrogens (tertiary/aromatic N) is 2. The van der Waals surface area contributed by atoms with Crippen LogP contribution in [0, 0.1) is 5.92 Å². The van der Waals surface area contributed by atoms with Gasteiger partial charge in [-0.05, 0) is 31.5 Å². The molecule has 1 aromatic rings. The number of rotatable bonds is 7. The summed E-state index contributed by atoms with van der Waals surface area (Å²) in [5.74, 6) is 0.701. The van der Waals surface area contributed by atoms with Gasteiger partial charge in [0.2, 0.25) is 0 Å². The van der Waals surface area contributed by atoms with Gasteiger partial charge in [0.1, 0.15) is 0 Å². The summed E-state index contributed by atoms with van der Waals surface area (Å²) in [6.45, 7) is 12.9. The fourth-order valence-corrected chi connectivity index (χ4v) is 1.93. The predicted molar refractivity (Wildman–Crippen MR) is 74.2 cm³/mol. The van der Waals surface area contributed by atoms with E-state index >= 15 is 0 Å². The zero-order valence-corrected chi connectivity index (χ0v) is 11.5. The van der Waals surface area contributed by atoms with Crippen molar-refractivity contribution < 1.29 is 0 Å². The maximum absolute atomic E-state index is 4.44. The highest BCUT2D eigenvalue weighted by atomic mass is 15.1. The molecular formula is C14H25N3. The molecule has 3 heteroatoms. The normalized spacial score (nSPS) is 11.2. The minimum absolute atomic E-state index is 0.701. The van der Waals surface area contributed by atoms with E-state index in [0.717, 1.165) is 37.6 Å². The lowest BCUT2D eigenvalue weighted by atomic mass is 10.2. The van der Waals surface area contributed by atoms with E-state index in [1.807, 2.05) is 12.3 Å². The average Bonchev–Trinajstić information content (AvgIpc) is 2.28. The topological polar surface area (TPSA) is 28.2 Å². The van der Waals surface area contributed by atoms with Crippen molar-refractivity contribution in [3.8, 4) is 0 Å². The first-order chi connectivity index (χ1) is 8.15.